The van der Waals surface area contributed by atoms with Crippen LogP contribution in [0, 0.1) is 6.92 Å². The number of nitrogens with zero attached hydrogens (tertiary/aromatic N) is 1. The molecule has 0 spiro atoms. The first-order valence-corrected chi connectivity index (χ1v) is 5.28. The van der Waals surface area contributed by atoms with Crippen molar-refractivity contribution in [3.63, 3.8) is 0 Å². The fourth-order valence-corrected chi connectivity index (χ4v) is 1.57. The Labute approximate surface area is 88.9 Å². The maximum atomic E-state index is 3.54. The van der Waals surface area contributed by atoms with Crippen LogP contribution in [0.5, 0.6) is 0 Å². The molecule has 0 heterocycles. The quantitative estimate of drug-likeness (QED) is 0.787. The molecule has 0 aliphatic heterocycles. The van der Waals surface area contributed by atoms with E-state index in [0.717, 1.165) is 13.0 Å². The monoisotopic (exact) mass is 241 g/mol. The second kappa shape index (κ2) is 4.77. The number of hydrogen-bond acceptors (Lipinski definition) is 1. The van der Waals surface area contributed by atoms with Gasteiger partial charge in [0.1, 0.15) is 0 Å². The SMILES string of the molecule is Cc1ccc(CCN(C)C)cc1Br. The maximum Gasteiger partial charge on any atom is 0.0207 e. The highest BCUT2D eigenvalue weighted by molar-refractivity contribution is 9.10. The molecule has 0 bridgehead atoms. The first-order chi connectivity index (χ1) is 6.09. The summed E-state index contributed by atoms with van der Waals surface area (Å²) >= 11 is 3.54. The van der Waals surface area contributed by atoms with Gasteiger partial charge in [-0.3, -0.25) is 0 Å². The van der Waals surface area contributed by atoms with Gasteiger partial charge in [0.2, 0.25) is 0 Å². The van der Waals surface area contributed by atoms with Crippen molar-refractivity contribution in [3.05, 3.63) is 33.8 Å². The minimum absolute atomic E-state index is 1.11. The van der Waals surface area contributed by atoms with Gasteiger partial charge in [-0.2, -0.15) is 0 Å². The molecule has 0 unspecified atom stereocenters. The number of rotatable bonds is 3. The Bertz CT molecular complexity index is 281. The third kappa shape index (κ3) is 3.49. The predicted molar refractivity (Wildman–Crippen MR) is 61.1 cm³/mol. The lowest BCUT2D eigenvalue weighted by Crippen LogP contribution is -2.15. The number of hydrogen-bond donors (Lipinski definition) is 0. The zero-order valence-electron chi connectivity index (χ0n) is 8.47. The molecule has 0 atom stereocenters. The van der Waals surface area contributed by atoms with E-state index in [9.17, 15) is 0 Å². The lowest BCUT2D eigenvalue weighted by atomic mass is 10.1. The molecular weight excluding hydrogens is 226 g/mol. The highest BCUT2D eigenvalue weighted by Crippen LogP contribution is 2.17. The van der Waals surface area contributed by atoms with E-state index < -0.39 is 0 Å². The van der Waals surface area contributed by atoms with Gasteiger partial charge >= 0.3 is 0 Å². The van der Waals surface area contributed by atoms with Crippen molar-refractivity contribution in [3.8, 4) is 0 Å². The van der Waals surface area contributed by atoms with Crippen LogP contribution >= 0.6 is 15.9 Å². The van der Waals surface area contributed by atoms with Crippen molar-refractivity contribution in [2.24, 2.45) is 0 Å². The number of likely N-dealkylation sites (N-methyl/N-ethyl adjacent to an activating group) is 1. The molecule has 0 saturated carbocycles. The average Bonchev–Trinajstić information content (AvgIpc) is 2.07. The van der Waals surface area contributed by atoms with Gasteiger partial charge in [-0.25, -0.2) is 0 Å². The summed E-state index contributed by atoms with van der Waals surface area (Å²) in [4.78, 5) is 2.20. The fraction of sp³-hybridized carbons (Fsp3) is 0.455. The molecule has 0 N–H and O–H groups in total. The normalized spacial score (nSPS) is 10.8. The van der Waals surface area contributed by atoms with E-state index >= 15 is 0 Å². The van der Waals surface area contributed by atoms with Crippen LogP contribution in [0.1, 0.15) is 11.1 Å². The Morgan fingerprint density at radius 3 is 2.54 bits per heavy atom. The largest absolute Gasteiger partial charge is 0.309 e. The van der Waals surface area contributed by atoms with E-state index in [0.29, 0.717) is 0 Å². The van der Waals surface area contributed by atoms with E-state index in [-0.39, 0.29) is 0 Å². The molecule has 0 aliphatic rings. The molecule has 2 heteroatoms. The second-order valence-electron chi connectivity index (χ2n) is 3.64. The van der Waals surface area contributed by atoms with Crippen LogP contribution in [-0.4, -0.2) is 25.5 Å². The summed E-state index contributed by atoms with van der Waals surface area (Å²) in [7, 11) is 4.20. The molecule has 72 valence electrons. The molecule has 0 radical (unpaired) electrons. The summed E-state index contributed by atoms with van der Waals surface area (Å²) < 4.78 is 1.21. The number of benzene rings is 1. The summed E-state index contributed by atoms with van der Waals surface area (Å²) in [6, 6.07) is 6.57. The van der Waals surface area contributed by atoms with Crippen LogP contribution < -0.4 is 0 Å². The van der Waals surface area contributed by atoms with Crippen molar-refractivity contribution < 1.29 is 0 Å². The van der Waals surface area contributed by atoms with Crippen LogP contribution in [0.15, 0.2) is 22.7 Å². The van der Waals surface area contributed by atoms with Gasteiger partial charge in [-0.15, -0.1) is 0 Å². The Balaban J connectivity index is 2.63. The zero-order valence-corrected chi connectivity index (χ0v) is 10.1. The third-order valence-electron chi connectivity index (χ3n) is 2.08. The van der Waals surface area contributed by atoms with Crippen molar-refractivity contribution >= 4 is 15.9 Å². The third-order valence-corrected chi connectivity index (χ3v) is 2.94. The van der Waals surface area contributed by atoms with Crippen molar-refractivity contribution in [1.29, 1.82) is 0 Å². The second-order valence-corrected chi connectivity index (χ2v) is 4.49. The predicted octanol–water partition coefficient (Wildman–Crippen LogP) is 2.86. The van der Waals surface area contributed by atoms with Gasteiger partial charge in [0.15, 0.2) is 0 Å². The highest BCUT2D eigenvalue weighted by atomic mass is 79.9. The summed E-state index contributed by atoms with van der Waals surface area (Å²) in [6.45, 7) is 3.22. The number of halogens is 1. The smallest absolute Gasteiger partial charge is 0.0207 e. The van der Waals surface area contributed by atoms with Crippen LogP contribution in [0.4, 0.5) is 0 Å². The van der Waals surface area contributed by atoms with Crippen LogP contribution in [0.3, 0.4) is 0 Å². The maximum absolute atomic E-state index is 3.54. The van der Waals surface area contributed by atoms with Gasteiger partial charge in [0.25, 0.3) is 0 Å². The van der Waals surface area contributed by atoms with Gasteiger partial charge < -0.3 is 4.90 Å². The Morgan fingerprint density at radius 2 is 2.00 bits per heavy atom. The lowest BCUT2D eigenvalue weighted by molar-refractivity contribution is 0.413. The minimum Gasteiger partial charge on any atom is -0.309 e. The topological polar surface area (TPSA) is 3.24 Å². The van der Waals surface area contributed by atoms with Gasteiger partial charge in [0, 0.05) is 11.0 Å². The van der Waals surface area contributed by atoms with Gasteiger partial charge in [0.05, 0.1) is 0 Å². The van der Waals surface area contributed by atoms with Crippen molar-refractivity contribution in [2.75, 3.05) is 20.6 Å². The Morgan fingerprint density at radius 1 is 1.31 bits per heavy atom. The van der Waals surface area contributed by atoms with E-state index in [1.165, 1.54) is 15.6 Å². The molecule has 0 aliphatic carbocycles. The molecule has 0 saturated heterocycles. The Kier molecular flexibility index (Phi) is 3.94. The first kappa shape index (κ1) is 10.7. The molecule has 1 aromatic carbocycles. The van der Waals surface area contributed by atoms with Crippen LogP contribution in [-0.2, 0) is 6.42 Å². The van der Waals surface area contributed by atoms with Crippen molar-refractivity contribution in [2.45, 2.75) is 13.3 Å². The van der Waals surface area contributed by atoms with Crippen LogP contribution in [0.2, 0.25) is 0 Å². The van der Waals surface area contributed by atoms with E-state index in [4.69, 9.17) is 0 Å². The fourth-order valence-electron chi connectivity index (χ4n) is 1.14. The highest BCUT2D eigenvalue weighted by Gasteiger charge is 1.98. The molecule has 1 nitrogen and oxygen atoms in total. The summed E-state index contributed by atoms with van der Waals surface area (Å²) in [6.07, 6.45) is 1.12. The molecule has 0 amide bonds. The van der Waals surface area contributed by atoms with Gasteiger partial charge in [-0.05, 0) is 44.6 Å². The zero-order chi connectivity index (χ0) is 9.84. The molecule has 0 fully saturated rings. The summed E-state index contributed by atoms with van der Waals surface area (Å²) in [5, 5.41) is 0. The summed E-state index contributed by atoms with van der Waals surface area (Å²) in [5.74, 6) is 0. The Hall–Kier alpha value is -0.340. The van der Waals surface area contributed by atoms with Gasteiger partial charge in [-0.1, -0.05) is 28.1 Å². The molecule has 1 aromatic rings. The minimum atomic E-state index is 1.11. The number of aryl methyl sites for hydroxylation is 1. The van der Waals surface area contributed by atoms with E-state index in [2.05, 4.69) is 60.0 Å². The molecular formula is C11H16BrN. The molecule has 0 aromatic heterocycles. The van der Waals surface area contributed by atoms with Crippen molar-refractivity contribution in [1.82, 2.24) is 4.90 Å². The first-order valence-electron chi connectivity index (χ1n) is 4.49. The van der Waals surface area contributed by atoms with Crippen LogP contribution in [0.25, 0.3) is 0 Å². The molecule has 13 heavy (non-hydrogen) atoms. The average molecular weight is 242 g/mol. The lowest BCUT2D eigenvalue weighted by Gasteiger charge is -2.09. The van der Waals surface area contributed by atoms with E-state index in [1.807, 2.05) is 0 Å². The standard InChI is InChI=1S/C11H16BrN/c1-9-4-5-10(8-11(9)12)6-7-13(2)3/h4-5,8H,6-7H2,1-3H3. The van der Waals surface area contributed by atoms with E-state index in [1.54, 1.807) is 0 Å². The molecule has 1 rings (SSSR count). The summed E-state index contributed by atoms with van der Waals surface area (Å²) in [5.41, 5.74) is 2.69.